The lowest BCUT2D eigenvalue weighted by atomic mass is 9.71. The van der Waals surface area contributed by atoms with Gasteiger partial charge in [-0.2, -0.15) is 0 Å². The van der Waals surface area contributed by atoms with Gasteiger partial charge < -0.3 is 5.32 Å². The van der Waals surface area contributed by atoms with Gasteiger partial charge in [0.05, 0.1) is 0 Å². The zero-order valence-electron chi connectivity index (χ0n) is 12.7. The van der Waals surface area contributed by atoms with Crippen LogP contribution in [-0.2, 0) is 0 Å². The summed E-state index contributed by atoms with van der Waals surface area (Å²) in [6.45, 7) is 2.00. The highest BCUT2D eigenvalue weighted by Gasteiger charge is 2.43. The number of hydrogen-bond donors (Lipinski definition) is 1. The van der Waals surface area contributed by atoms with E-state index >= 15 is 0 Å². The lowest BCUT2D eigenvalue weighted by Gasteiger charge is -2.35. The maximum atomic E-state index is 13.2. The van der Waals surface area contributed by atoms with E-state index in [0.717, 1.165) is 43.8 Å². The van der Waals surface area contributed by atoms with Gasteiger partial charge in [0.1, 0.15) is 0 Å². The number of benzene rings is 1. The lowest BCUT2D eigenvalue weighted by Crippen LogP contribution is -2.41. The van der Waals surface area contributed by atoms with Gasteiger partial charge in [-0.3, -0.25) is 4.79 Å². The first-order valence-corrected chi connectivity index (χ1v) is 8.63. The summed E-state index contributed by atoms with van der Waals surface area (Å²) in [6, 6.07) is 8.48. The Bertz CT molecular complexity index is 540. The normalized spacial score (nSPS) is 28.2. The van der Waals surface area contributed by atoms with Gasteiger partial charge in [0, 0.05) is 11.0 Å². The highest BCUT2D eigenvalue weighted by Crippen LogP contribution is 2.48. The minimum Gasteiger partial charge on any atom is -0.317 e. The van der Waals surface area contributed by atoms with Gasteiger partial charge in [0.25, 0.3) is 0 Å². The van der Waals surface area contributed by atoms with E-state index in [1.807, 2.05) is 6.07 Å². The summed E-state index contributed by atoms with van der Waals surface area (Å²) in [5, 5.41) is 3.42. The molecule has 1 aromatic rings. The number of carbonyl (C=O) groups excluding carboxylic acids is 1. The van der Waals surface area contributed by atoms with Crippen LogP contribution >= 0.6 is 0 Å². The van der Waals surface area contributed by atoms with Crippen molar-refractivity contribution in [3.8, 4) is 0 Å². The molecule has 0 radical (unpaired) electrons. The number of hydrogen-bond acceptors (Lipinski definition) is 2. The molecule has 1 N–H and O–H groups in total. The zero-order chi connectivity index (χ0) is 14.3. The second-order valence-electron chi connectivity index (χ2n) is 7.36. The third-order valence-electron chi connectivity index (χ3n) is 5.97. The second-order valence-corrected chi connectivity index (χ2v) is 7.36. The minimum atomic E-state index is -0.0698. The number of carbonyl (C=O) groups is 1. The molecule has 0 aromatic heterocycles. The fourth-order valence-electron chi connectivity index (χ4n) is 4.45. The quantitative estimate of drug-likeness (QED) is 0.891. The van der Waals surface area contributed by atoms with E-state index in [1.54, 1.807) is 0 Å². The monoisotopic (exact) mass is 283 g/mol. The first kappa shape index (κ1) is 13.5. The molecule has 3 aliphatic rings. The second kappa shape index (κ2) is 5.24. The van der Waals surface area contributed by atoms with Crippen molar-refractivity contribution in [2.45, 2.75) is 50.9 Å². The molecule has 2 nitrogen and oxygen atoms in total. The molecule has 0 unspecified atom stereocenters. The molecule has 1 saturated carbocycles. The molecule has 0 amide bonds. The van der Waals surface area contributed by atoms with Gasteiger partial charge in [-0.15, -0.1) is 0 Å². The summed E-state index contributed by atoms with van der Waals surface area (Å²) in [7, 11) is 0. The number of ketones is 1. The van der Waals surface area contributed by atoms with E-state index in [4.69, 9.17) is 0 Å². The summed E-state index contributed by atoms with van der Waals surface area (Å²) < 4.78 is 0. The highest BCUT2D eigenvalue weighted by molar-refractivity contribution is 6.02. The third-order valence-corrected chi connectivity index (χ3v) is 5.97. The van der Waals surface area contributed by atoms with Crippen LogP contribution in [0.1, 0.15) is 66.8 Å². The molecule has 1 aliphatic heterocycles. The Balaban J connectivity index is 1.71. The molecular weight excluding hydrogens is 258 g/mol. The average molecular weight is 283 g/mol. The standard InChI is InChI=1S/C19H25NO/c21-18-17-4-2-1-3-16(17)15(13-14-5-6-14)7-8-19(18)9-11-20-12-10-19/h1-4,14-15,20H,5-13H2/t15-/m1/s1. The summed E-state index contributed by atoms with van der Waals surface area (Å²) in [4.78, 5) is 13.2. The minimum absolute atomic E-state index is 0.0698. The fourth-order valence-corrected chi connectivity index (χ4v) is 4.45. The van der Waals surface area contributed by atoms with Crippen molar-refractivity contribution in [3.63, 3.8) is 0 Å². The Hall–Kier alpha value is -1.15. The third kappa shape index (κ3) is 2.44. The molecule has 2 heteroatoms. The Morgan fingerprint density at radius 1 is 1.05 bits per heavy atom. The van der Waals surface area contributed by atoms with Crippen LogP contribution in [0, 0.1) is 11.3 Å². The predicted octanol–water partition coefficient (Wildman–Crippen LogP) is 3.92. The summed E-state index contributed by atoms with van der Waals surface area (Å²) in [6.07, 6.45) is 8.47. The molecule has 2 fully saturated rings. The first-order valence-electron chi connectivity index (χ1n) is 8.63. The lowest BCUT2D eigenvalue weighted by molar-refractivity contribution is 0.0708. The molecule has 1 saturated heterocycles. The maximum absolute atomic E-state index is 13.2. The SMILES string of the molecule is O=C1c2ccccc2[C@@H](CC2CC2)CCC12CCNCC2. The van der Waals surface area contributed by atoms with Crippen molar-refractivity contribution >= 4 is 5.78 Å². The molecule has 4 rings (SSSR count). The largest absolute Gasteiger partial charge is 0.317 e. The molecule has 1 atom stereocenters. The maximum Gasteiger partial charge on any atom is 0.169 e. The van der Waals surface area contributed by atoms with Crippen molar-refractivity contribution in [3.05, 3.63) is 35.4 Å². The van der Waals surface area contributed by atoms with E-state index < -0.39 is 0 Å². The fraction of sp³-hybridized carbons (Fsp3) is 0.632. The molecule has 21 heavy (non-hydrogen) atoms. The first-order chi connectivity index (χ1) is 10.3. The van der Waals surface area contributed by atoms with Crippen molar-refractivity contribution in [2.24, 2.45) is 11.3 Å². The van der Waals surface area contributed by atoms with Gasteiger partial charge >= 0.3 is 0 Å². The van der Waals surface area contributed by atoms with E-state index in [1.165, 1.54) is 31.2 Å². The molecule has 112 valence electrons. The van der Waals surface area contributed by atoms with Crippen molar-refractivity contribution < 1.29 is 4.79 Å². The summed E-state index contributed by atoms with van der Waals surface area (Å²) in [5.74, 6) is 1.99. The number of piperidine rings is 1. The predicted molar refractivity (Wildman–Crippen MR) is 84.6 cm³/mol. The number of fused-ring (bicyclic) bond motifs is 1. The number of rotatable bonds is 2. The van der Waals surface area contributed by atoms with Gasteiger partial charge in [-0.05, 0) is 62.6 Å². The Morgan fingerprint density at radius 2 is 1.81 bits per heavy atom. The van der Waals surface area contributed by atoms with Gasteiger partial charge in [-0.25, -0.2) is 0 Å². The van der Waals surface area contributed by atoms with Crippen LogP contribution in [0.25, 0.3) is 0 Å². The van der Waals surface area contributed by atoms with Gasteiger partial charge in [0.15, 0.2) is 5.78 Å². The van der Waals surface area contributed by atoms with E-state index in [0.29, 0.717) is 11.7 Å². The van der Waals surface area contributed by atoms with Crippen LogP contribution in [0.3, 0.4) is 0 Å². The number of Topliss-reactive ketones (excluding diaryl/α,β-unsaturated/α-hetero) is 1. The molecular formula is C19H25NO. The van der Waals surface area contributed by atoms with Crippen LogP contribution in [0.2, 0.25) is 0 Å². The number of nitrogens with one attached hydrogen (secondary N) is 1. The van der Waals surface area contributed by atoms with E-state index in [-0.39, 0.29) is 5.41 Å². The van der Waals surface area contributed by atoms with Crippen LogP contribution < -0.4 is 5.32 Å². The summed E-state index contributed by atoms with van der Waals surface area (Å²) in [5.41, 5.74) is 2.33. The highest BCUT2D eigenvalue weighted by atomic mass is 16.1. The molecule has 0 bridgehead atoms. The van der Waals surface area contributed by atoms with Crippen LogP contribution in [0.15, 0.2) is 24.3 Å². The molecule has 1 spiro atoms. The van der Waals surface area contributed by atoms with Gasteiger partial charge in [0.2, 0.25) is 0 Å². The Morgan fingerprint density at radius 3 is 2.57 bits per heavy atom. The topological polar surface area (TPSA) is 29.1 Å². The van der Waals surface area contributed by atoms with Crippen molar-refractivity contribution in [1.29, 1.82) is 0 Å². The van der Waals surface area contributed by atoms with Crippen molar-refractivity contribution in [1.82, 2.24) is 5.32 Å². The van der Waals surface area contributed by atoms with Crippen molar-refractivity contribution in [2.75, 3.05) is 13.1 Å². The molecule has 1 aromatic carbocycles. The van der Waals surface area contributed by atoms with Crippen LogP contribution in [-0.4, -0.2) is 18.9 Å². The Labute approximate surface area is 127 Å². The summed E-state index contributed by atoms with van der Waals surface area (Å²) >= 11 is 0. The zero-order valence-corrected chi connectivity index (χ0v) is 12.7. The average Bonchev–Trinajstić information content (AvgIpc) is 3.36. The Kier molecular flexibility index (Phi) is 3.37. The smallest absolute Gasteiger partial charge is 0.169 e. The van der Waals surface area contributed by atoms with E-state index in [2.05, 4.69) is 23.5 Å². The molecule has 1 heterocycles. The van der Waals surface area contributed by atoms with Crippen LogP contribution in [0.4, 0.5) is 0 Å². The molecule has 2 aliphatic carbocycles. The van der Waals surface area contributed by atoms with E-state index in [9.17, 15) is 4.79 Å². The van der Waals surface area contributed by atoms with Crippen LogP contribution in [0.5, 0.6) is 0 Å². The van der Waals surface area contributed by atoms with Gasteiger partial charge in [-0.1, -0.05) is 37.1 Å².